The van der Waals surface area contributed by atoms with Gasteiger partial charge in [-0.2, -0.15) is 0 Å². The maximum atomic E-state index is 6.21. The van der Waals surface area contributed by atoms with Crippen molar-refractivity contribution in [3.8, 4) is 0 Å². The van der Waals surface area contributed by atoms with Crippen molar-refractivity contribution in [2.24, 2.45) is 5.73 Å². The predicted octanol–water partition coefficient (Wildman–Crippen LogP) is 3.63. The lowest BCUT2D eigenvalue weighted by molar-refractivity contribution is 0.235. The van der Waals surface area contributed by atoms with E-state index in [1.807, 2.05) is 21.6 Å². The Morgan fingerprint density at radius 1 is 0.933 bits per heavy atom. The van der Waals surface area contributed by atoms with Gasteiger partial charge in [0.2, 0.25) is 0 Å². The van der Waals surface area contributed by atoms with Gasteiger partial charge in [-0.1, -0.05) is 39.5 Å². The van der Waals surface area contributed by atoms with E-state index in [9.17, 15) is 0 Å². The number of unbranched alkanes of at least 4 members (excludes halogenated alkanes) is 4. The summed E-state index contributed by atoms with van der Waals surface area (Å²) in [7, 11) is 3.63. The normalized spacial score (nSPS) is 18.4. The van der Waals surface area contributed by atoms with Crippen molar-refractivity contribution in [2.75, 3.05) is 13.1 Å². The van der Waals surface area contributed by atoms with Gasteiger partial charge in [0, 0.05) is 13.1 Å². The number of hydrogen-bond donors (Lipinski definition) is 1. The lowest BCUT2D eigenvalue weighted by Gasteiger charge is -2.25. The maximum Gasteiger partial charge on any atom is 0.186 e. The minimum absolute atomic E-state index is 0.0680. The Balaban J connectivity index is 2.20. The average Bonchev–Trinajstić information content (AvgIpc) is 2.96. The van der Waals surface area contributed by atoms with Crippen LogP contribution in [0.15, 0.2) is 0 Å². The SMILES string of the molecule is CCCCCN(CCCCC)C1(N)SS1. The van der Waals surface area contributed by atoms with Crippen molar-refractivity contribution >= 4 is 21.6 Å². The molecule has 2 N–H and O–H groups in total. The Morgan fingerprint density at radius 3 is 1.73 bits per heavy atom. The highest BCUT2D eigenvalue weighted by Gasteiger charge is 2.47. The highest BCUT2D eigenvalue weighted by atomic mass is 33.2. The summed E-state index contributed by atoms with van der Waals surface area (Å²) in [4.78, 5) is 2.47. The Labute approximate surface area is 102 Å². The zero-order valence-electron chi connectivity index (χ0n) is 10.00. The van der Waals surface area contributed by atoms with Crippen molar-refractivity contribution in [3.05, 3.63) is 0 Å². The first-order chi connectivity index (χ1) is 7.23. The van der Waals surface area contributed by atoms with Gasteiger partial charge in [-0.15, -0.1) is 0 Å². The Kier molecular flexibility index (Phi) is 6.43. The molecule has 90 valence electrons. The van der Waals surface area contributed by atoms with Gasteiger partial charge < -0.3 is 0 Å². The van der Waals surface area contributed by atoms with Crippen LogP contribution in [0, 0.1) is 0 Å². The summed E-state index contributed by atoms with van der Waals surface area (Å²) in [6, 6.07) is 0. The van der Waals surface area contributed by atoms with E-state index in [1.54, 1.807) is 0 Å². The van der Waals surface area contributed by atoms with Crippen LogP contribution < -0.4 is 5.73 Å². The van der Waals surface area contributed by atoms with Crippen LogP contribution in [0.2, 0.25) is 0 Å². The van der Waals surface area contributed by atoms with Gasteiger partial charge >= 0.3 is 0 Å². The van der Waals surface area contributed by atoms with E-state index in [-0.39, 0.29) is 4.33 Å². The summed E-state index contributed by atoms with van der Waals surface area (Å²) in [6.45, 7) is 6.85. The van der Waals surface area contributed by atoms with Crippen LogP contribution in [-0.4, -0.2) is 22.3 Å². The van der Waals surface area contributed by atoms with Crippen molar-refractivity contribution in [3.63, 3.8) is 0 Å². The highest BCUT2D eigenvalue weighted by molar-refractivity contribution is 8.93. The van der Waals surface area contributed by atoms with E-state index in [0.29, 0.717) is 0 Å². The second-order valence-electron chi connectivity index (χ2n) is 4.20. The minimum Gasteiger partial charge on any atom is -0.294 e. The van der Waals surface area contributed by atoms with Gasteiger partial charge in [0.15, 0.2) is 4.33 Å². The molecule has 2 nitrogen and oxygen atoms in total. The molecule has 0 aromatic carbocycles. The number of rotatable bonds is 9. The molecule has 0 radical (unpaired) electrons. The first-order valence-corrected chi connectivity index (χ1v) is 8.28. The molecule has 1 heterocycles. The quantitative estimate of drug-likeness (QED) is 0.292. The average molecular weight is 248 g/mol. The molecule has 1 aliphatic rings. The maximum absolute atomic E-state index is 6.21. The molecule has 1 aliphatic heterocycles. The predicted molar refractivity (Wildman–Crippen MR) is 72.7 cm³/mol. The summed E-state index contributed by atoms with van der Waals surface area (Å²) >= 11 is 0. The Bertz CT molecular complexity index is 162. The molecule has 0 aromatic rings. The number of nitrogens with two attached hydrogens (primary N) is 1. The molecule has 0 amide bonds. The van der Waals surface area contributed by atoms with Gasteiger partial charge in [0.25, 0.3) is 0 Å². The molecule has 15 heavy (non-hydrogen) atoms. The van der Waals surface area contributed by atoms with Crippen LogP contribution in [0.1, 0.15) is 52.4 Å². The number of nitrogens with zero attached hydrogens (tertiary/aromatic N) is 1. The Morgan fingerprint density at radius 2 is 1.40 bits per heavy atom. The molecule has 4 heteroatoms. The molecular formula is C11H24N2S2. The molecule has 0 unspecified atom stereocenters. The third-order valence-corrected chi connectivity index (χ3v) is 5.31. The third kappa shape index (κ3) is 4.98. The molecule has 0 bridgehead atoms. The zero-order chi connectivity index (χ0) is 11.1. The minimum atomic E-state index is -0.0680. The fourth-order valence-corrected chi connectivity index (χ4v) is 3.23. The van der Waals surface area contributed by atoms with Gasteiger partial charge in [0.1, 0.15) is 0 Å². The van der Waals surface area contributed by atoms with Crippen LogP contribution in [0.3, 0.4) is 0 Å². The summed E-state index contributed by atoms with van der Waals surface area (Å²) in [5.41, 5.74) is 6.21. The monoisotopic (exact) mass is 248 g/mol. The second-order valence-corrected chi connectivity index (χ2v) is 7.04. The van der Waals surface area contributed by atoms with Crippen molar-refractivity contribution in [2.45, 2.75) is 56.7 Å². The number of hydrogen-bond acceptors (Lipinski definition) is 4. The van der Waals surface area contributed by atoms with Crippen LogP contribution in [0.5, 0.6) is 0 Å². The molecule has 1 fully saturated rings. The molecule has 0 spiro atoms. The second kappa shape index (κ2) is 7.05. The zero-order valence-corrected chi connectivity index (χ0v) is 11.6. The van der Waals surface area contributed by atoms with E-state index in [1.165, 1.54) is 51.6 Å². The lowest BCUT2D eigenvalue weighted by atomic mass is 10.2. The summed E-state index contributed by atoms with van der Waals surface area (Å²) in [5, 5.41) is 0. The summed E-state index contributed by atoms with van der Waals surface area (Å²) in [6.07, 6.45) is 7.83. The van der Waals surface area contributed by atoms with Gasteiger partial charge in [-0.05, 0) is 34.4 Å². The van der Waals surface area contributed by atoms with Crippen molar-refractivity contribution in [1.29, 1.82) is 0 Å². The third-order valence-electron chi connectivity index (χ3n) is 2.76. The van der Waals surface area contributed by atoms with Crippen LogP contribution >= 0.6 is 21.6 Å². The van der Waals surface area contributed by atoms with Gasteiger partial charge in [-0.25, -0.2) is 0 Å². The fraction of sp³-hybridized carbons (Fsp3) is 1.00. The Hall–Kier alpha value is 0.620. The molecule has 0 saturated carbocycles. The molecule has 1 rings (SSSR count). The molecule has 0 aromatic heterocycles. The van der Waals surface area contributed by atoms with E-state index < -0.39 is 0 Å². The van der Waals surface area contributed by atoms with E-state index >= 15 is 0 Å². The summed E-state index contributed by atoms with van der Waals surface area (Å²) in [5.74, 6) is 0. The fourth-order valence-electron chi connectivity index (χ4n) is 1.68. The molecular weight excluding hydrogens is 224 g/mol. The van der Waals surface area contributed by atoms with Crippen LogP contribution in [0.25, 0.3) is 0 Å². The molecule has 0 atom stereocenters. The first-order valence-electron chi connectivity index (χ1n) is 6.13. The molecule has 0 aliphatic carbocycles. The van der Waals surface area contributed by atoms with Gasteiger partial charge in [-0.3, -0.25) is 10.6 Å². The van der Waals surface area contributed by atoms with Crippen molar-refractivity contribution < 1.29 is 0 Å². The van der Waals surface area contributed by atoms with E-state index in [4.69, 9.17) is 5.73 Å². The van der Waals surface area contributed by atoms with E-state index in [2.05, 4.69) is 18.7 Å². The topological polar surface area (TPSA) is 29.3 Å². The largest absolute Gasteiger partial charge is 0.294 e. The molecule has 1 saturated heterocycles. The van der Waals surface area contributed by atoms with Gasteiger partial charge in [0.05, 0.1) is 0 Å². The van der Waals surface area contributed by atoms with Crippen LogP contribution in [-0.2, 0) is 0 Å². The lowest BCUT2D eigenvalue weighted by Crippen LogP contribution is -2.43. The van der Waals surface area contributed by atoms with Crippen molar-refractivity contribution in [1.82, 2.24) is 4.90 Å². The van der Waals surface area contributed by atoms with E-state index in [0.717, 1.165) is 0 Å². The highest BCUT2D eigenvalue weighted by Crippen LogP contribution is 2.62. The van der Waals surface area contributed by atoms with Crippen LogP contribution in [0.4, 0.5) is 0 Å². The smallest absolute Gasteiger partial charge is 0.186 e. The first kappa shape index (κ1) is 13.7. The standard InChI is InChI=1S/C11H24N2S2/c1-3-5-7-9-13(10-8-6-4-2)11(12)14-15-11/h3-10,12H2,1-2H3. The summed E-state index contributed by atoms with van der Waals surface area (Å²) < 4.78 is -0.0680.